The molecule has 0 fully saturated rings. The molecule has 0 saturated carbocycles. The zero-order valence-electron chi connectivity index (χ0n) is 12.9. The first kappa shape index (κ1) is 16.4. The second-order valence-electron chi connectivity index (χ2n) is 4.99. The van der Waals surface area contributed by atoms with Crippen LogP contribution in [0.15, 0.2) is 29.4 Å². The number of benzene rings is 1. The van der Waals surface area contributed by atoms with Gasteiger partial charge < -0.3 is 9.30 Å². The quantitative estimate of drug-likeness (QED) is 0.769. The molecular weight excluding hydrogens is 304 g/mol. The van der Waals surface area contributed by atoms with Gasteiger partial charge in [-0.15, -0.1) is 10.2 Å². The van der Waals surface area contributed by atoms with Crippen LogP contribution in [0.25, 0.3) is 0 Å². The molecule has 0 unspecified atom stereocenters. The van der Waals surface area contributed by atoms with Crippen LogP contribution >= 0.6 is 0 Å². The van der Waals surface area contributed by atoms with Gasteiger partial charge in [-0.25, -0.2) is 13.1 Å². The third-order valence-electron chi connectivity index (χ3n) is 3.35. The summed E-state index contributed by atoms with van der Waals surface area (Å²) in [6.45, 7) is 2.09. The van der Waals surface area contributed by atoms with Gasteiger partial charge in [0.05, 0.1) is 12.0 Å². The lowest BCUT2D eigenvalue weighted by molar-refractivity contribution is 0.414. The maximum absolute atomic E-state index is 12.3. The largest absolute Gasteiger partial charge is 0.497 e. The zero-order valence-corrected chi connectivity index (χ0v) is 13.7. The standard InChI is InChI=1S/C14H20N4O3S/c1-11-9-12(21-3)6-7-13(11)22(19,20)16-8-4-5-14-17-15-10-18(14)2/h6-7,9-10,16H,4-5,8H2,1-3H3. The van der Waals surface area contributed by atoms with Crippen LogP contribution in [-0.4, -0.2) is 36.8 Å². The molecule has 0 atom stereocenters. The number of nitrogens with zero attached hydrogens (tertiary/aromatic N) is 3. The summed E-state index contributed by atoms with van der Waals surface area (Å²) >= 11 is 0. The van der Waals surface area contributed by atoms with E-state index in [1.165, 1.54) is 0 Å². The number of aromatic nitrogens is 3. The lowest BCUT2D eigenvalue weighted by Gasteiger charge is -2.10. The maximum atomic E-state index is 12.3. The summed E-state index contributed by atoms with van der Waals surface area (Å²) in [5.74, 6) is 1.47. The SMILES string of the molecule is COc1ccc(S(=O)(=O)NCCCc2nncn2C)c(C)c1. The summed E-state index contributed by atoms with van der Waals surface area (Å²) in [6.07, 6.45) is 2.95. The highest BCUT2D eigenvalue weighted by atomic mass is 32.2. The van der Waals surface area contributed by atoms with Crippen LogP contribution in [0.4, 0.5) is 0 Å². The van der Waals surface area contributed by atoms with Crippen LogP contribution in [0, 0.1) is 6.92 Å². The van der Waals surface area contributed by atoms with E-state index < -0.39 is 10.0 Å². The van der Waals surface area contributed by atoms with Gasteiger partial charge in [-0.3, -0.25) is 0 Å². The van der Waals surface area contributed by atoms with Crippen molar-refractivity contribution in [3.8, 4) is 5.75 Å². The van der Waals surface area contributed by atoms with Crippen molar-refractivity contribution >= 4 is 10.0 Å². The van der Waals surface area contributed by atoms with Gasteiger partial charge in [-0.2, -0.15) is 0 Å². The molecule has 0 aliphatic carbocycles. The monoisotopic (exact) mass is 324 g/mol. The van der Waals surface area contributed by atoms with Gasteiger partial charge in [-0.05, 0) is 37.1 Å². The number of hydrogen-bond acceptors (Lipinski definition) is 5. The van der Waals surface area contributed by atoms with Crippen molar-refractivity contribution in [2.24, 2.45) is 7.05 Å². The van der Waals surface area contributed by atoms with E-state index in [9.17, 15) is 8.42 Å². The van der Waals surface area contributed by atoms with Gasteiger partial charge in [0, 0.05) is 20.0 Å². The smallest absolute Gasteiger partial charge is 0.240 e. The summed E-state index contributed by atoms with van der Waals surface area (Å²) in [5, 5.41) is 7.75. The average Bonchev–Trinajstić information content (AvgIpc) is 2.88. The van der Waals surface area contributed by atoms with E-state index in [0.717, 1.165) is 5.82 Å². The Morgan fingerprint density at radius 2 is 2.14 bits per heavy atom. The average molecular weight is 324 g/mol. The lowest BCUT2D eigenvalue weighted by atomic mass is 10.2. The van der Waals surface area contributed by atoms with Gasteiger partial charge in [0.15, 0.2) is 0 Å². The molecule has 22 heavy (non-hydrogen) atoms. The summed E-state index contributed by atoms with van der Waals surface area (Å²) < 4.78 is 34.1. The second-order valence-corrected chi connectivity index (χ2v) is 6.73. The van der Waals surface area contributed by atoms with E-state index in [-0.39, 0.29) is 4.90 Å². The van der Waals surface area contributed by atoms with Crippen molar-refractivity contribution in [3.05, 3.63) is 35.9 Å². The van der Waals surface area contributed by atoms with E-state index >= 15 is 0 Å². The number of sulfonamides is 1. The van der Waals surface area contributed by atoms with Crippen LogP contribution in [0.3, 0.4) is 0 Å². The number of rotatable bonds is 7. The molecule has 0 aliphatic rings. The van der Waals surface area contributed by atoms with Crippen LogP contribution in [0.2, 0.25) is 0 Å². The van der Waals surface area contributed by atoms with E-state index in [0.29, 0.717) is 30.7 Å². The number of hydrogen-bond donors (Lipinski definition) is 1. The van der Waals surface area contributed by atoms with Gasteiger partial charge in [0.2, 0.25) is 10.0 Å². The Morgan fingerprint density at radius 3 is 2.73 bits per heavy atom. The number of nitrogens with one attached hydrogen (secondary N) is 1. The zero-order chi connectivity index (χ0) is 16.2. The normalized spacial score (nSPS) is 11.6. The third-order valence-corrected chi connectivity index (χ3v) is 4.97. The first-order valence-corrected chi connectivity index (χ1v) is 8.39. The van der Waals surface area contributed by atoms with E-state index in [4.69, 9.17) is 4.74 Å². The van der Waals surface area contributed by atoms with Crippen LogP contribution < -0.4 is 9.46 Å². The molecule has 1 aromatic heterocycles. The predicted octanol–water partition coefficient (Wildman–Crippen LogP) is 1.04. The molecule has 0 bridgehead atoms. The number of methoxy groups -OCH3 is 1. The van der Waals surface area contributed by atoms with E-state index in [2.05, 4.69) is 14.9 Å². The Morgan fingerprint density at radius 1 is 1.36 bits per heavy atom. The fraction of sp³-hybridized carbons (Fsp3) is 0.429. The minimum Gasteiger partial charge on any atom is -0.497 e. The molecule has 1 N–H and O–H groups in total. The van der Waals surface area contributed by atoms with E-state index in [1.807, 2.05) is 11.6 Å². The Balaban J connectivity index is 1.95. The molecule has 1 aromatic carbocycles. The van der Waals surface area contributed by atoms with Crippen molar-refractivity contribution in [2.75, 3.05) is 13.7 Å². The lowest BCUT2D eigenvalue weighted by Crippen LogP contribution is -2.26. The molecule has 1 heterocycles. The van der Waals surface area contributed by atoms with Crippen molar-refractivity contribution < 1.29 is 13.2 Å². The summed E-state index contributed by atoms with van der Waals surface area (Å²) in [6, 6.07) is 4.90. The third kappa shape index (κ3) is 3.83. The Labute approximate surface area is 130 Å². The maximum Gasteiger partial charge on any atom is 0.240 e. The molecule has 0 amide bonds. The van der Waals surface area contributed by atoms with Crippen LogP contribution in [0.1, 0.15) is 17.8 Å². The Bertz CT molecular complexity index is 740. The highest BCUT2D eigenvalue weighted by Crippen LogP contribution is 2.20. The summed E-state index contributed by atoms with van der Waals surface area (Å²) in [7, 11) is -0.105. The second kappa shape index (κ2) is 6.89. The first-order chi connectivity index (χ1) is 10.4. The van der Waals surface area contributed by atoms with Crippen LogP contribution in [-0.2, 0) is 23.5 Å². The molecule has 2 aromatic rings. The predicted molar refractivity (Wildman–Crippen MR) is 82.2 cm³/mol. The molecule has 8 heteroatoms. The fourth-order valence-corrected chi connectivity index (χ4v) is 3.41. The first-order valence-electron chi connectivity index (χ1n) is 6.91. The molecular formula is C14H20N4O3S. The van der Waals surface area contributed by atoms with Crippen molar-refractivity contribution in [1.29, 1.82) is 0 Å². The highest BCUT2D eigenvalue weighted by molar-refractivity contribution is 7.89. The number of ether oxygens (including phenoxy) is 1. The molecule has 2 rings (SSSR count). The highest BCUT2D eigenvalue weighted by Gasteiger charge is 2.16. The van der Waals surface area contributed by atoms with Crippen LogP contribution in [0.5, 0.6) is 5.75 Å². The molecule has 0 aliphatic heterocycles. The minimum absolute atomic E-state index is 0.270. The molecule has 0 spiro atoms. The molecule has 120 valence electrons. The summed E-state index contributed by atoms with van der Waals surface area (Å²) in [5.41, 5.74) is 0.653. The minimum atomic E-state index is -3.52. The topological polar surface area (TPSA) is 86.1 Å². The van der Waals surface area contributed by atoms with E-state index in [1.54, 1.807) is 38.6 Å². The van der Waals surface area contributed by atoms with Crippen molar-refractivity contribution in [1.82, 2.24) is 19.5 Å². The van der Waals surface area contributed by atoms with Gasteiger partial charge in [0.1, 0.15) is 17.9 Å². The van der Waals surface area contributed by atoms with Gasteiger partial charge in [0.25, 0.3) is 0 Å². The fourth-order valence-electron chi connectivity index (χ4n) is 2.11. The molecule has 7 nitrogen and oxygen atoms in total. The van der Waals surface area contributed by atoms with Gasteiger partial charge in [-0.1, -0.05) is 0 Å². The van der Waals surface area contributed by atoms with Crippen molar-refractivity contribution in [3.63, 3.8) is 0 Å². The molecule has 0 radical (unpaired) electrons. The van der Waals surface area contributed by atoms with Crippen molar-refractivity contribution in [2.45, 2.75) is 24.7 Å². The number of aryl methyl sites for hydroxylation is 3. The van der Waals surface area contributed by atoms with Gasteiger partial charge >= 0.3 is 0 Å². The molecule has 0 saturated heterocycles. The Hall–Kier alpha value is -1.93. The summed E-state index contributed by atoms with van der Waals surface area (Å²) in [4.78, 5) is 0.270. The Kier molecular flexibility index (Phi) is 5.15.